The summed E-state index contributed by atoms with van der Waals surface area (Å²) in [5.41, 5.74) is 5.65. The number of urea groups is 1. The number of rotatable bonds is 3. The molecule has 1 aromatic heterocycles. The van der Waals surface area contributed by atoms with Gasteiger partial charge >= 0.3 is 6.03 Å². The van der Waals surface area contributed by atoms with Gasteiger partial charge in [0, 0.05) is 32.1 Å². The molecule has 6 heteroatoms. The van der Waals surface area contributed by atoms with Crippen LogP contribution in [0.1, 0.15) is 56.0 Å². The molecule has 3 aromatic rings. The van der Waals surface area contributed by atoms with Gasteiger partial charge in [-0.25, -0.2) is 4.79 Å². The predicted octanol–water partition coefficient (Wildman–Crippen LogP) is 7.36. The summed E-state index contributed by atoms with van der Waals surface area (Å²) in [6.45, 7) is 7.15. The summed E-state index contributed by atoms with van der Waals surface area (Å²) in [6, 6.07) is 12.5. The van der Waals surface area contributed by atoms with E-state index in [1.807, 2.05) is 11.0 Å². The quantitative estimate of drug-likeness (QED) is 0.374. The molecule has 2 N–H and O–H groups in total. The van der Waals surface area contributed by atoms with Crippen LogP contribution in [0.5, 0.6) is 0 Å². The van der Waals surface area contributed by atoms with Crippen LogP contribution in [0.15, 0.2) is 45.3 Å². The van der Waals surface area contributed by atoms with E-state index >= 15 is 0 Å². The summed E-state index contributed by atoms with van der Waals surface area (Å²) in [5.74, 6) is 0.416. The van der Waals surface area contributed by atoms with E-state index in [1.165, 1.54) is 22.2 Å². The van der Waals surface area contributed by atoms with Crippen molar-refractivity contribution in [3.8, 4) is 0 Å². The number of halogens is 2. The number of hydrogen-bond donors (Lipinski definition) is 2. The average molecular weight is 519 g/mol. The van der Waals surface area contributed by atoms with Gasteiger partial charge in [0.2, 0.25) is 0 Å². The van der Waals surface area contributed by atoms with Crippen LogP contribution in [0.25, 0.3) is 10.9 Å². The van der Waals surface area contributed by atoms with Crippen LogP contribution in [0.2, 0.25) is 0 Å². The van der Waals surface area contributed by atoms with Gasteiger partial charge in [-0.2, -0.15) is 0 Å². The van der Waals surface area contributed by atoms with Crippen LogP contribution in [0.4, 0.5) is 10.5 Å². The van der Waals surface area contributed by atoms with Crippen molar-refractivity contribution in [2.45, 2.75) is 45.6 Å². The summed E-state index contributed by atoms with van der Waals surface area (Å²) >= 11 is 7.26. The minimum Gasteiger partial charge on any atom is -0.356 e. The molecule has 1 aliphatic heterocycles. The second kappa shape index (κ2) is 8.15. The number of aromatic nitrogens is 1. The van der Waals surface area contributed by atoms with Crippen molar-refractivity contribution in [1.82, 2.24) is 9.88 Å². The summed E-state index contributed by atoms with van der Waals surface area (Å²) in [7, 11) is 0. The van der Waals surface area contributed by atoms with Crippen molar-refractivity contribution >= 4 is 54.5 Å². The van der Waals surface area contributed by atoms with Gasteiger partial charge in [-0.15, -0.1) is 0 Å². The van der Waals surface area contributed by atoms with Crippen LogP contribution < -0.4 is 5.32 Å². The SMILES string of the molecule is CCC1c2[nH]c3ccccc3c2CCN1C(=O)Nc1c(Br)cc(C(C)C)cc1Br. The first kappa shape index (κ1) is 20.5. The number of benzene rings is 2. The van der Waals surface area contributed by atoms with Crippen LogP contribution in [-0.2, 0) is 6.42 Å². The molecule has 29 heavy (non-hydrogen) atoms. The molecule has 1 aliphatic rings. The number of aromatic amines is 1. The number of fused-ring (bicyclic) bond motifs is 3. The summed E-state index contributed by atoms with van der Waals surface area (Å²) in [4.78, 5) is 18.8. The number of nitrogens with one attached hydrogen (secondary N) is 2. The van der Waals surface area contributed by atoms with Crippen molar-refractivity contribution < 1.29 is 4.79 Å². The molecule has 0 saturated heterocycles. The van der Waals surface area contributed by atoms with Gasteiger partial charge in [0.25, 0.3) is 0 Å². The smallest absolute Gasteiger partial charge is 0.322 e. The molecule has 1 unspecified atom stereocenters. The van der Waals surface area contributed by atoms with Crippen molar-refractivity contribution in [2.24, 2.45) is 0 Å². The van der Waals surface area contributed by atoms with E-state index in [9.17, 15) is 4.79 Å². The molecule has 4 nitrogen and oxygen atoms in total. The van der Waals surface area contributed by atoms with Crippen molar-refractivity contribution in [3.63, 3.8) is 0 Å². The van der Waals surface area contributed by atoms with Gasteiger partial charge in [-0.05, 0) is 79.9 Å². The maximum absolute atomic E-state index is 13.2. The molecule has 152 valence electrons. The standard InChI is InChI=1S/C23H25Br2N3O/c1-4-20-21-16(15-7-5-6-8-19(15)26-21)9-10-28(20)23(29)27-22-17(24)11-14(13(2)3)12-18(22)25/h5-8,11-13,20,26H,4,9-10H2,1-3H3,(H,27,29). The molecule has 0 fully saturated rings. The Balaban J connectivity index is 1.63. The Morgan fingerprint density at radius 2 is 1.93 bits per heavy atom. The number of para-hydroxylation sites is 1. The fraction of sp³-hybridized carbons (Fsp3) is 0.348. The first-order valence-corrected chi connectivity index (χ1v) is 11.6. The normalized spacial score (nSPS) is 16.3. The van der Waals surface area contributed by atoms with E-state index in [1.54, 1.807) is 0 Å². The molecule has 2 aromatic carbocycles. The zero-order valence-electron chi connectivity index (χ0n) is 16.9. The molecular formula is C23H25Br2N3O. The Labute approximate surface area is 188 Å². The molecule has 2 heterocycles. The lowest BCUT2D eigenvalue weighted by molar-refractivity contribution is 0.179. The van der Waals surface area contributed by atoms with E-state index < -0.39 is 0 Å². The molecular weight excluding hydrogens is 494 g/mol. The number of hydrogen-bond acceptors (Lipinski definition) is 1. The Hall–Kier alpha value is -1.79. The molecule has 0 saturated carbocycles. The van der Waals surface area contributed by atoms with Gasteiger partial charge in [0.05, 0.1) is 11.7 Å². The minimum atomic E-state index is -0.0696. The van der Waals surface area contributed by atoms with E-state index in [0.717, 1.165) is 33.0 Å². The molecule has 2 amide bonds. The predicted molar refractivity (Wildman–Crippen MR) is 127 cm³/mol. The monoisotopic (exact) mass is 517 g/mol. The summed E-state index contributed by atoms with van der Waals surface area (Å²) < 4.78 is 1.78. The third-order valence-corrected chi connectivity index (χ3v) is 7.02. The number of anilines is 1. The van der Waals surface area contributed by atoms with Gasteiger partial charge in [-0.3, -0.25) is 0 Å². The highest BCUT2D eigenvalue weighted by atomic mass is 79.9. The zero-order valence-corrected chi connectivity index (χ0v) is 20.0. The maximum atomic E-state index is 13.2. The maximum Gasteiger partial charge on any atom is 0.322 e. The van der Waals surface area contributed by atoms with Gasteiger partial charge in [-0.1, -0.05) is 39.0 Å². The molecule has 0 spiro atoms. The van der Waals surface area contributed by atoms with E-state index in [0.29, 0.717) is 12.5 Å². The van der Waals surface area contributed by atoms with Crippen LogP contribution in [-0.4, -0.2) is 22.5 Å². The highest BCUT2D eigenvalue weighted by molar-refractivity contribution is 9.11. The lowest BCUT2D eigenvalue weighted by Crippen LogP contribution is -2.42. The fourth-order valence-electron chi connectivity index (χ4n) is 4.21. The van der Waals surface area contributed by atoms with Crippen molar-refractivity contribution in [1.29, 1.82) is 0 Å². The Kier molecular flexibility index (Phi) is 5.76. The van der Waals surface area contributed by atoms with E-state index in [-0.39, 0.29) is 12.1 Å². The molecule has 4 rings (SSSR count). The van der Waals surface area contributed by atoms with Gasteiger partial charge in [0.1, 0.15) is 0 Å². The molecule has 0 radical (unpaired) electrons. The fourth-order valence-corrected chi connectivity index (χ4v) is 5.63. The number of nitrogens with zero attached hydrogens (tertiary/aromatic N) is 1. The largest absolute Gasteiger partial charge is 0.356 e. The summed E-state index contributed by atoms with van der Waals surface area (Å²) in [5, 5.41) is 4.40. The third kappa shape index (κ3) is 3.73. The number of amides is 2. The first-order valence-electron chi connectivity index (χ1n) is 10.1. The second-order valence-electron chi connectivity index (χ2n) is 7.87. The zero-order chi connectivity index (χ0) is 20.7. The number of carbonyl (C=O) groups is 1. The van der Waals surface area contributed by atoms with Crippen LogP contribution >= 0.6 is 31.9 Å². The highest BCUT2D eigenvalue weighted by Gasteiger charge is 2.32. The average Bonchev–Trinajstić information content (AvgIpc) is 3.08. The topological polar surface area (TPSA) is 48.1 Å². The minimum absolute atomic E-state index is 0.0404. The van der Waals surface area contributed by atoms with E-state index in [4.69, 9.17) is 0 Å². The molecule has 0 aliphatic carbocycles. The third-order valence-electron chi connectivity index (χ3n) is 5.77. The lowest BCUT2D eigenvalue weighted by Gasteiger charge is -2.35. The molecule has 1 atom stereocenters. The second-order valence-corrected chi connectivity index (χ2v) is 9.58. The molecule has 0 bridgehead atoms. The number of carbonyl (C=O) groups excluding carboxylic acids is 1. The Morgan fingerprint density at radius 3 is 2.59 bits per heavy atom. The van der Waals surface area contributed by atoms with Crippen molar-refractivity contribution in [2.75, 3.05) is 11.9 Å². The van der Waals surface area contributed by atoms with Crippen molar-refractivity contribution in [3.05, 3.63) is 62.2 Å². The van der Waals surface area contributed by atoms with Gasteiger partial charge < -0.3 is 15.2 Å². The lowest BCUT2D eigenvalue weighted by atomic mass is 9.96. The highest BCUT2D eigenvalue weighted by Crippen LogP contribution is 2.38. The van der Waals surface area contributed by atoms with Gasteiger partial charge in [0.15, 0.2) is 0 Å². The Bertz CT molecular complexity index is 1050. The van der Waals surface area contributed by atoms with E-state index in [2.05, 4.69) is 93.3 Å². The van der Waals surface area contributed by atoms with Crippen LogP contribution in [0, 0.1) is 0 Å². The Morgan fingerprint density at radius 1 is 1.24 bits per heavy atom. The van der Waals surface area contributed by atoms with Crippen LogP contribution in [0.3, 0.4) is 0 Å². The summed E-state index contributed by atoms with van der Waals surface area (Å²) in [6.07, 6.45) is 1.72. The first-order chi connectivity index (χ1) is 13.9. The number of H-pyrrole nitrogens is 1.